The molecule has 0 aliphatic carbocycles. The number of hydrogen-bond donors (Lipinski definition) is 3. The maximum absolute atomic E-state index is 11.7. The molecule has 3 N–H and O–H groups in total. The van der Waals surface area contributed by atoms with Crippen LogP contribution in [0.5, 0.6) is 0 Å². The van der Waals surface area contributed by atoms with E-state index in [-0.39, 0.29) is 11.7 Å². The van der Waals surface area contributed by atoms with Crippen molar-refractivity contribution in [2.24, 2.45) is 5.92 Å². The van der Waals surface area contributed by atoms with Gasteiger partial charge in [0.2, 0.25) is 0 Å². The Kier molecular flexibility index (Phi) is 4.86. The number of hydrogen-bond acceptors (Lipinski definition) is 5. The molecule has 2 unspecified atom stereocenters. The number of ether oxygens (including phenoxy) is 1. The fourth-order valence-electron chi connectivity index (χ4n) is 1.77. The first-order valence-electron chi connectivity index (χ1n) is 5.75. The van der Waals surface area contributed by atoms with Crippen molar-refractivity contribution in [3.05, 3.63) is 0 Å². The van der Waals surface area contributed by atoms with Crippen LogP contribution < -0.4 is 5.32 Å². The molecule has 1 fully saturated rings. The Hall–Kier alpha value is -0.490. The van der Waals surface area contributed by atoms with Crippen molar-refractivity contribution in [3.63, 3.8) is 0 Å². The highest BCUT2D eigenvalue weighted by atomic mass is 16.5. The van der Waals surface area contributed by atoms with Crippen LogP contribution in [0.25, 0.3) is 0 Å². The largest absolute Gasteiger partial charge is 0.388 e. The summed E-state index contributed by atoms with van der Waals surface area (Å²) in [6.45, 7) is 6.64. The van der Waals surface area contributed by atoms with E-state index in [4.69, 9.17) is 4.74 Å². The molecule has 5 nitrogen and oxygen atoms in total. The summed E-state index contributed by atoms with van der Waals surface area (Å²) < 4.78 is 5.40. The SMILES string of the molecule is CCNC[C@H]1O[C@@H](C(=O)C(C)C)C(O)C1O. The van der Waals surface area contributed by atoms with Gasteiger partial charge in [-0.15, -0.1) is 0 Å². The predicted octanol–water partition coefficient (Wildman–Crippen LogP) is -0.690. The monoisotopic (exact) mass is 231 g/mol. The van der Waals surface area contributed by atoms with E-state index < -0.39 is 24.4 Å². The van der Waals surface area contributed by atoms with E-state index >= 15 is 0 Å². The van der Waals surface area contributed by atoms with Crippen molar-refractivity contribution in [2.45, 2.75) is 45.2 Å². The Bertz CT molecular complexity index is 244. The van der Waals surface area contributed by atoms with Gasteiger partial charge >= 0.3 is 0 Å². The third-order valence-electron chi connectivity index (χ3n) is 2.81. The van der Waals surface area contributed by atoms with Crippen molar-refractivity contribution < 1.29 is 19.7 Å². The molecule has 0 aromatic rings. The summed E-state index contributed by atoms with van der Waals surface area (Å²) in [7, 11) is 0. The average molecular weight is 231 g/mol. The number of ketones is 1. The second kappa shape index (κ2) is 5.72. The zero-order valence-electron chi connectivity index (χ0n) is 10.0. The molecule has 0 aromatic heterocycles. The van der Waals surface area contributed by atoms with Gasteiger partial charge in [0.1, 0.15) is 18.3 Å². The summed E-state index contributed by atoms with van der Waals surface area (Å²) in [6, 6.07) is 0. The van der Waals surface area contributed by atoms with Gasteiger partial charge < -0.3 is 20.3 Å². The molecule has 1 saturated heterocycles. The van der Waals surface area contributed by atoms with Gasteiger partial charge in [0.05, 0.1) is 6.10 Å². The van der Waals surface area contributed by atoms with E-state index in [1.807, 2.05) is 6.92 Å². The van der Waals surface area contributed by atoms with E-state index in [0.29, 0.717) is 6.54 Å². The minimum atomic E-state index is -1.11. The lowest BCUT2D eigenvalue weighted by atomic mass is 9.98. The van der Waals surface area contributed by atoms with E-state index in [1.165, 1.54) is 0 Å². The predicted molar refractivity (Wildman–Crippen MR) is 59.1 cm³/mol. The maximum atomic E-state index is 11.7. The van der Waals surface area contributed by atoms with Crippen LogP contribution in [0.1, 0.15) is 20.8 Å². The van der Waals surface area contributed by atoms with Crippen LogP contribution in [0.4, 0.5) is 0 Å². The second-order valence-electron chi connectivity index (χ2n) is 4.44. The van der Waals surface area contributed by atoms with Crippen molar-refractivity contribution >= 4 is 5.78 Å². The molecule has 0 amide bonds. The normalized spacial score (nSPS) is 34.6. The molecule has 0 spiro atoms. The summed E-state index contributed by atoms with van der Waals surface area (Å²) in [5.74, 6) is -0.365. The minimum absolute atomic E-state index is 0.162. The molecule has 1 aliphatic rings. The molecule has 1 heterocycles. The van der Waals surface area contributed by atoms with E-state index in [1.54, 1.807) is 13.8 Å². The van der Waals surface area contributed by atoms with E-state index in [2.05, 4.69) is 5.32 Å². The van der Waals surface area contributed by atoms with Gasteiger partial charge in [0.15, 0.2) is 5.78 Å². The highest BCUT2D eigenvalue weighted by molar-refractivity contribution is 5.85. The Balaban J connectivity index is 2.60. The number of Topliss-reactive ketones (excluding diaryl/α,β-unsaturated/α-hetero) is 1. The molecular formula is C11H21NO4. The summed E-state index contributed by atoms with van der Waals surface area (Å²) in [5, 5.41) is 22.5. The van der Waals surface area contributed by atoms with Crippen molar-refractivity contribution in [1.29, 1.82) is 0 Å². The number of rotatable bonds is 5. The first-order valence-corrected chi connectivity index (χ1v) is 5.75. The van der Waals surface area contributed by atoms with Crippen molar-refractivity contribution in [3.8, 4) is 0 Å². The highest BCUT2D eigenvalue weighted by Gasteiger charge is 2.46. The summed E-state index contributed by atoms with van der Waals surface area (Å²) in [4.78, 5) is 11.7. The van der Waals surface area contributed by atoms with Gasteiger partial charge in [0.25, 0.3) is 0 Å². The van der Waals surface area contributed by atoms with Crippen molar-refractivity contribution in [1.82, 2.24) is 5.32 Å². The Labute approximate surface area is 95.8 Å². The average Bonchev–Trinajstić information content (AvgIpc) is 2.52. The summed E-state index contributed by atoms with van der Waals surface area (Å²) >= 11 is 0. The summed E-state index contributed by atoms with van der Waals surface area (Å²) in [6.07, 6.45) is -3.51. The van der Waals surface area contributed by atoms with E-state index in [0.717, 1.165) is 6.54 Å². The lowest BCUT2D eigenvalue weighted by Crippen LogP contribution is -2.39. The molecule has 0 bridgehead atoms. The number of nitrogens with one attached hydrogen (secondary N) is 1. The molecule has 4 atom stereocenters. The number of likely N-dealkylation sites (N-methyl/N-ethyl adjacent to an activating group) is 1. The first kappa shape index (κ1) is 13.6. The standard InChI is InChI=1S/C11H21NO4/c1-4-12-5-7-9(14)10(15)11(16-7)8(13)6(2)3/h6-7,9-12,14-15H,4-5H2,1-3H3/t7-,9?,10?,11+/m1/s1. The van der Waals surface area contributed by atoms with Crippen LogP contribution in [0.2, 0.25) is 0 Å². The van der Waals surface area contributed by atoms with Crippen LogP contribution in [0, 0.1) is 5.92 Å². The lowest BCUT2D eigenvalue weighted by molar-refractivity contribution is -0.136. The van der Waals surface area contributed by atoms with Crippen LogP contribution in [0.3, 0.4) is 0 Å². The molecule has 1 aliphatic heterocycles. The van der Waals surface area contributed by atoms with Gasteiger partial charge in [-0.05, 0) is 6.54 Å². The molecule has 0 aromatic carbocycles. The number of aliphatic hydroxyl groups excluding tert-OH is 2. The highest BCUT2D eigenvalue weighted by Crippen LogP contribution is 2.23. The zero-order chi connectivity index (χ0) is 12.3. The molecular weight excluding hydrogens is 210 g/mol. The zero-order valence-corrected chi connectivity index (χ0v) is 10.0. The lowest BCUT2D eigenvalue weighted by Gasteiger charge is -2.15. The molecule has 0 saturated carbocycles. The number of carbonyl (C=O) groups is 1. The van der Waals surface area contributed by atoms with Gasteiger partial charge in [-0.2, -0.15) is 0 Å². The fourth-order valence-corrected chi connectivity index (χ4v) is 1.77. The smallest absolute Gasteiger partial charge is 0.166 e. The fraction of sp³-hybridized carbons (Fsp3) is 0.909. The molecule has 94 valence electrons. The molecule has 1 rings (SSSR count). The van der Waals surface area contributed by atoms with Crippen LogP contribution in [-0.2, 0) is 9.53 Å². The van der Waals surface area contributed by atoms with Crippen LogP contribution in [0.15, 0.2) is 0 Å². The second-order valence-corrected chi connectivity index (χ2v) is 4.44. The van der Waals surface area contributed by atoms with Gasteiger partial charge in [-0.3, -0.25) is 4.79 Å². The number of aliphatic hydroxyl groups is 2. The molecule has 5 heteroatoms. The van der Waals surface area contributed by atoms with Crippen LogP contribution in [-0.4, -0.2) is 53.5 Å². The van der Waals surface area contributed by atoms with Gasteiger partial charge in [-0.1, -0.05) is 20.8 Å². The quantitative estimate of drug-likeness (QED) is 0.584. The van der Waals surface area contributed by atoms with Gasteiger partial charge in [0, 0.05) is 12.5 Å². The Morgan fingerprint density at radius 2 is 2.00 bits per heavy atom. The third-order valence-corrected chi connectivity index (χ3v) is 2.81. The maximum Gasteiger partial charge on any atom is 0.166 e. The Morgan fingerprint density at radius 1 is 1.38 bits per heavy atom. The van der Waals surface area contributed by atoms with Crippen LogP contribution >= 0.6 is 0 Å². The summed E-state index contributed by atoms with van der Waals surface area (Å²) in [5.41, 5.74) is 0. The van der Waals surface area contributed by atoms with Gasteiger partial charge in [-0.25, -0.2) is 0 Å². The molecule has 0 radical (unpaired) electrons. The topological polar surface area (TPSA) is 78.8 Å². The number of carbonyl (C=O) groups excluding carboxylic acids is 1. The first-order chi connectivity index (χ1) is 7.49. The Morgan fingerprint density at radius 3 is 2.50 bits per heavy atom. The minimum Gasteiger partial charge on any atom is -0.388 e. The van der Waals surface area contributed by atoms with E-state index in [9.17, 15) is 15.0 Å². The molecule has 16 heavy (non-hydrogen) atoms. The third kappa shape index (κ3) is 2.79. The van der Waals surface area contributed by atoms with Crippen molar-refractivity contribution in [2.75, 3.05) is 13.1 Å².